The molecule has 4 fully saturated rings. The van der Waals surface area contributed by atoms with Crippen LogP contribution in [-0.4, -0.2) is 18.3 Å². The first-order valence-electron chi connectivity index (χ1n) is 18.7. The van der Waals surface area contributed by atoms with Crippen molar-refractivity contribution in [2.24, 2.45) is 48.5 Å². The molecule has 4 heterocycles. The van der Waals surface area contributed by atoms with Crippen molar-refractivity contribution in [2.75, 3.05) is 0 Å². The lowest BCUT2D eigenvalue weighted by Crippen LogP contribution is -2.36. The molecule has 0 amide bonds. The Morgan fingerprint density at radius 3 is 1.52 bits per heavy atom. The summed E-state index contributed by atoms with van der Waals surface area (Å²) < 4.78 is 4.91. The lowest BCUT2D eigenvalue weighted by Gasteiger charge is -2.31. The van der Waals surface area contributed by atoms with E-state index in [1.165, 1.54) is 45.0 Å². The molecule has 8 unspecified atom stereocenters. The number of hydrogen-bond donors (Lipinski definition) is 0. The van der Waals surface area contributed by atoms with Crippen LogP contribution in [0.3, 0.4) is 0 Å². The van der Waals surface area contributed by atoms with E-state index in [0.29, 0.717) is 30.7 Å². The largest absolute Gasteiger partial charge is 0.277 e. The number of nitrogens with zero attached hydrogens (tertiary/aromatic N) is 4. The highest BCUT2D eigenvalue weighted by Gasteiger charge is 2.57. The molecule has 12 heteroatoms. The van der Waals surface area contributed by atoms with Gasteiger partial charge in [0.1, 0.15) is 0 Å². The van der Waals surface area contributed by atoms with Gasteiger partial charge >= 0.3 is 0 Å². The second-order valence-electron chi connectivity index (χ2n) is 16.6. The molecule has 266 valence electrons. The van der Waals surface area contributed by atoms with Crippen LogP contribution in [0.4, 0.5) is 0 Å². The van der Waals surface area contributed by atoms with Crippen LogP contribution in [0.2, 0.25) is 0 Å². The van der Waals surface area contributed by atoms with E-state index in [-0.39, 0.29) is 79.3 Å². The molecule has 10 rings (SSSR count). The normalized spacial score (nSPS) is 28.7. The molecular formula is C40H38N4O8. The van der Waals surface area contributed by atoms with Crippen molar-refractivity contribution in [2.45, 2.75) is 77.4 Å². The summed E-state index contributed by atoms with van der Waals surface area (Å²) in [4.78, 5) is 107. The van der Waals surface area contributed by atoms with Crippen LogP contribution in [0, 0.1) is 41.4 Å². The quantitative estimate of drug-likeness (QED) is 0.265. The first-order valence-corrected chi connectivity index (χ1v) is 18.7. The van der Waals surface area contributed by atoms with Crippen molar-refractivity contribution in [3.05, 3.63) is 107 Å². The van der Waals surface area contributed by atoms with Crippen LogP contribution in [0.15, 0.2) is 62.6 Å². The Morgan fingerprint density at radius 2 is 0.981 bits per heavy atom. The molecular weight excluding hydrogens is 664 g/mol. The van der Waals surface area contributed by atoms with Gasteiger partial charge < -0.3 is 0 Å². The van der Waals surface area contributed by atoms with Gasteiger partial charge in [-0.05, 0) is 97.8 Å². The Morgan fingerprint density at radius 1 is 0.519 bits per heavy atom. The molecule has 8 atom stereocenters. The summed E-state index contributed by atoms with van der Waals surface area (Å²) in [6.45, 7) is 2.75. The molecule has 0 N–H and O–H groups in total. The Bertz CT molecular complexity index is 2820. The van der Waals surface area contributed by atoms with Gasteiger partial charge in [0.2, 0.25) is 0 Å². The SMILES string of the molecule is CC1CCCCC1Cn1c(=O)c2cc3c(=O)n(C4CC5CC4C4CC(Cn6c(=O)c7cc8c(=O)n(C)c(=O)c8cc7c6=O)CC54)c(=O)c3cc2c1=O. The van der Waals surface area contributed by atoms with E-state index in [9.17, 15) is 38.4 Å². The molecule has 2 aromatic carbocycles. The molecule has 12 nitrogen and oxygen atoms in total. The van der Waals surface area contributed by atoms with E-state index in [0.717, 1.165) is 49.5 Å². The Balaban J connectivity index is 0.942. The number of fused-ring (bicyclic) bond motifs is 9. The predicted molar refractivity (Wildman–Crippen MR) is 197 cm³/mol. The van der Waals surface area contributed by atoms with Crippen molar-refractivity contribution in [3.63, 3.8) is 0 Å². The van der Waals surface area contributed by atoms with Crippen LogP contribution in [0.25, 0.3) is 43.1 Å². The zero-order valence-corrected chi connectivity index (χ0v) is 29.1. The van der Waals surface area contributed by atoms with Gasteiger partial charge in [0.05, 0.1) is 43.1 Å². The Labute approximate surface area is 293 Å². The lowest BCUT2D eigenvalue weighted by atomic mass is 9.79. The third-order valence-electron chi connectivity index (χ3n) is 14.2. The van der Waals surface area contributed by atoms with Crippen LogP contribution in [-0.2, 0) is 20.1 Å². The zero-order chi connectivity index (χ0) is 36.1. The second kappa shape index (κ2) is 10.8. The van der Waals surface area contributed by atoms with Gasteiger partial charge in [-0.3, -0.25) is 56.6 Å². The summed E-state index contributed by atoms with van der Waals surface area (Å²) >= 11 is 0. The third kappa shape index (κ3) is 4.09. The van der Waals surface area contributed by atoms with Gasteiger partial charge in [-0.1, -0.05) is 26.2 Å². The van der Waals surface area contributed by atoms with Gasteiger partial charge in [-0.25, -0.2) is 0 Å². The smallest absolute Gasteiger partial charge is 0.261 e. The van der Waals surface area contributed by atoms with Gasteiger partial charge in [0.15, 0.2) is 0 Å². The minimum atomic E-state index is -0.495. The van der Waals surface area contributed by atoms with Crippen LogP contribution in [0.1, 0.15) is 64.3 Å². The van der Waals surface area contributed by atoms with Gasteiger partial charge in [-0.15, -0.1) is 0 Å². The molecule has 0 spiro atoms. The van der Waals surface area contributed by atoms with E-state index >= 15 is 0 Å². The van der Waals surface area contributed by atoms with Crippen molar-refractivity contribution in [3.8, 4) is 0 Å². The summed E-state index contributed by atoms with van der Waals surface area (Å²) in [7, 11) is 1.37. The number of aromatic nitrogens is 4. The van der Waals surface area contributed by atoms with Crippen molar-refractivity contribution in [1.82, 2.24) is 18.3 Å². The predicted octanol–water partition coefficient (Wildman–Crippen LogP) is 2.43. The van der Waals surface area contributed by atoms with Gasteiger partial charge in [0, 0.05) is 26.2 Å². The Kier molecular flexibility index (Phi) is 6.57. The molecule has 4 aliphatic rings. The third-order valence-corrected chi connectivity index (χ3v) is 14.2. The second-order valence-corrected chi connectivity index (χ2v) is 16.6. The maximum Gasteiger partial charge on any atom is 0.261 e. The highest BCUT2D eigenvalue weighted by molar-refractivity contribution is 5.98. The van der Waals surface area contributed by atoms with Crippen molar-refractivity contribution >= 4 is 43.1 Å². The number of rotatable bonds is 5. The first-order chi connectivity index (χ1) is 24.9. The standard InChI is InChI=1S/C40H38N4O8/c1-17-5-3-4-6-19(17)16-43-37(49)28-13-30-31(14-29(28)38(43)50)40(52)44(39(30)51)32-10-20-9-23(32)22-8-18(7-21(20)22)15-42-35(47)26-11-24-25(12-27(26)36(42)48)34(46)41(2)33(24)45/h11-14,17-23,32H,3-10,15-16H2,1-2H3. The molecule has 4 aromatic heterocycles. The van der Waals surface area contributed by atoms with E-state index in [2.05, 4.69) is 6.92 Å². The fourth-order valence-corrected chi connectivity index (χ4v) is 11.6. The zero-order valence-electron chi connectivity index (χ0n) is 29.1. The summed E-state index contributed by atoms with van der Waals surface area (Å²) in [5.74, 6) is 1.69. The minimum Gasteiger partial charge on any atom is -0.277 e. The van der Waals surface area contributed by atoms with E-state index in [1.54, 1.807) is 0 Å². The van der Waals surface area contributed by atoms with Crippen LogP contribution >= 0.6 is 0 Å². The molecule has 2 bridgehead atoms. The fourth-order valence-electron chi connectivity index (χ4n) is 11.6. The van der Waals surface area contributed by atoms with Crippen molar-refractivity contribution in [1.29, 1.82) is 0 Å². The highest BCUT2D eigenvalue weighted by Crippen LogP contribution is 2.63. The molecule has 0 saturated heterocycles. The average Bonchev–Trinajstić information content (AvgIpc) is 3.98. The first kappa shape index (κ1) is 31.7. The van der Waals surface area contributed by atoms with Crippen molar-refractivity contribution < 1.29 is 0 Å². The lowest BCUT2D eigenvalue weighted by molar-refractivity contribution is 0.188. The summed E-state index contributed by atoms with van der Waals surface area (Å²) in [5, 5.41) is 1.33. The minimum absolute atomic E-state index is 0.0456. The molecule has 4 aliphatic carbocycles. The molecule has 0 radical (unpaired) electrons. The molecule has 0 aliphatic heterocycles. The molecule has 6 aromatic rings. The Hall–Kier alpha value is -5.00. The van der Waals surface area contributed by atoms with Crippen LogP contribution < -0.4 is 44.5 Å². The monoisotopic (exact) mass is 702 g/mol. The number of benzene rings is 2. The molecule has 4 saturated carbocycles. The van der Waals surface area contributed by atoms with Crippen LogP contribution in [0.5, 0.6) is 0 Å². The summed E-state index contributed by atoms with van der Waals surface area (Å²) in [5.41, 5.74) is -3.52. The number of hydrogen-bond acceptors (Lipinski definition) is 8. The van der Waals surface area contributed by atoms with E-state index < -0.39 is 44.5 Å². The maximum atomic E-state index is 14.0. The maximum absolute atomic E-state index is 14.0. The molecule has 52 heavy (non-hydrogen) atoms. The fraction of sp³-hybridized carbons (Fsp3) is 0.500. The van der Waals surface area contributed by atoms with Gasteiger partial charge in [-0.2, -0.15) is 0 Å². The van der Waals surface area contributed by atoms with Gasteiger partial charge in [0.25, 0.3) is 44.5 Å². The van der Waals surface area contributed by atoms with E-state index in [4.69, 9.17) is 0 Å². The topological polar surface area (TPSA) is 156 Å². The van der Waals surface area contributed by atoms with E-state index in [1.807, 2.05) is 0 Å². The summed E-state index contributed by atoms with van der Waals surface area (Å²) in [6.07, 6.45) is 7.45. The summed E-state index contributed by atoms with van der Waals surface area (Å²) in [6, 6.07) is 5.40. The highest BCUT2D eigenvalue weighted by atomic mass is 16.2. The average molecular weight is 703 g/mol.